The molecule has 15 heavy (non-hydrogen) atoms. The summed E-state index contributed by atoms with van der Waals surface area (Å²) in [6, 6.07) is 2.14. The van der Waals surface area contributed by atoms with Crippen molar-refractivity contribution in [1.82, 2.24) is 0 Å². The van der Waals surface area contributed by atoms with Gasteiger partial charge in [0, 0.05) is 5.56 Å². The number of carbonyl (C=O) groups excluding carboxylic acids is 1. The molecule has 1 aromatic rings. The minimum atomic E-state index is -1.35. The molecule has 0 amide bonds. The first-order valence-electron chi connectivity index (χ1n) is 4.37. The van der Waals surface area contributed by atoms with Gasteiger partial charge in [-0.1, -0.05) is 6.07 Å². The largest absolute Gasteiger partial charge is 0.505 e. The average Bonchev–Trinajstić information content (AvgIpc) is 2.20. The fraction of sp³-hybridized carbons (Fsp3) is 0.300. The molecule has 0 spiro atoms. The van der Waals surface area contributed by atoms with Gasteiger partial charge in [-0.05, 0) is 13.0 Å². The molecular formula is C10H10F2O3. The maximum Gasteiger partial charge on any atom is 0.310 e. The van der Waals surface area contributed by atoms with E-state index in [2.05, 4.69) is 4.74 Å². The molecule has 0 heterocycles. The van der Waals surface area contributed by atoms with Crippen LogP contribution >= 0.6 is 0 Å². The molecule has 0 bridgehead atoms. The Morgan fingerprint density at radius 3 is 2.67 bits per heavy atom. The van der Waals surface area contributed by atoms with Crippen LogP contribution < -0.4 is 0 Å². The van der Waals surface area contributed by atoms with Gasteiger partial charge in [0.2, 0.25) is 5.82 Å². The van der Waals surface area contributed by atoms with Crippen molar-refractivity contribution in [2.24, 2.45) is 0 Å². The molecule has 82 valence electrons. The Hall–Kier alpha value is -1.65. The van der Waals surface area contributed by atoms with Gasteiger partial charge in [0.15, 0.2) is 11.6 Å². The van der Waals surface area contributed by atoms with E-state index >= 15 is 0 Å². The van der Waals surface area contributed by atoms with Crippen molar-refractivity contribution in [3.05, 3.63) is 29.3 Å². The molecular weight excluding hydrogens is 206 g/mol. The summed E-state index contributed by atoms with van der Waals surface area (Å²) in [5, 5.41) is 8.83. The standard InChI is InChI=1S/C10H10F2O3/c1-2-15-8(14)5-6-3-4-7(13)10(12)9(6)11/h3-4,13H,2,5H2,1H3. The third-order valence-electron chi connectivity index (χ3n) is 1.78. The van der Waals surface area contributed by atoms with E-state index in [0.717, 1.165) is 12.1 Å². The minimum absolute atomic E-state index is 0.135. The molecule has 1 rings (SSSR count). The van der Waals surface area contributed by atoms with Crippen molar-refractivity contribution in [3.8, 4) is 5.75 Å². The molecule has 0 radical (unpaired) electrons. The van der Waals surface area contributed by atoms with Crippen LogP contribution in [0.25, 0.3) is 0 Å². The Balaban J connectivity index is 2.87. The van der Waals surface area contributed by atoms with Gasteiger partial charge in [0.1, 0.15) is 0 Å². The summed E-state index contributed by atoms with van der Waals surface area (Å²) in [6.07, 6.45) is -0.350. The van der Waals surface area contributed by atoms with Crippen LogP contribution in [-0.2, 0) is 16.0 Å². The van der Waals surface area contributed by atoms with E-state index in [-0.39, 0.29) is 18.6 Å². The zero-order valence-corrected chi connectivity index (χ0v) is 8.09. The van der Waals surface area contributed by atoms with E-state index in [0.29, 0.717) is 0 Å². The minimum Gasteiger partial charge on any atom is -0.505 e. The number of benzene rings is 1. The maximum absolute atomic E-state index is 13.1. The zero-order chi connectivity index (χ0) is 11.4. The monoisotopic (exact) mass is 216 g/mol. The lowest BCUT2D eigenvalue weighted by Crippen LogP contribution is -2.09. The van der Waals surface area contributed by atoms with Gasteiger partial charge in [-0.15, -0.1) is 0 Å². The maximum atomic E-state index is 13.1. The van der Waals surface area contributed by atoms with E-state index in [1.54, 1.807) is 6.92 Å². The summed E-state index contributed by atoms with van der Waals surface area (Å²) in [4.78, 5) is 11.0. The molecule has 0 fully saturated rings. The van der Waals surface area contributed by atoms with Gasteiger partial charge in [-0.25, -0.2) is 4.39 Å². The summed E-state index contributed by atoms with van der Waals surface area (Å²) in [7, 11) is 0. The van der Waals surface area contributed by atoms with Gasteiger partial charge in [-0.3, -0.25) is 4.79 Å². The Bertz CT molecular complexity index is 377. The number of esters is 1. The van der Waals surface area contributed by atoms with Gasteiger partial charge in [0.25, 0.3) is 0 Å². The lowest BCUT2D eigenvalue weighted by Gasteiger charge is -2.04. The highest BCUT2D eigenvalue weighted by molar-refractivity contribution is 5.72. The second kappa shape index (κ2) is 4.72. The number of ether oxygens (including phenoxy) is 1. The van der Waals surface area contributed by atoms with Crippen LogP contribution in [0, 0.1) is 11.6 Å². The third-order valence-corrected chi connectivity index (χ3v) is 1.78. The van der Waals surface area contributed by atoms with Gasteiger partial charge in [-0.2, -0.15) is 4.39 Å². The van der Waals surface area contributed by atoms with Crippen molar-refractivity contribution in [1.29, 1.82) is 0 Å². The van der Waals surface area contributed by atoms with Crippen molar-refractivity contribution in [2.45, 2.75) is 13.3 Å². The third kappa shape index (κ3) is 2.65. The number of phenols is 1. The number of rotatable bonds is 3. The van der Waals surface area contributed by atoms with Crippen LogP contribution in [0.5, 0.6) is 5.75 Å². The molecule has 0 aliphatic carbocycles. The van der Waals surface area contributed by atoms with Crippen LogP contribution in [0.4, 0.5) is 8.78 Å². The number of phenolic OH excluding ortho intramolecular Hbond substituents is 1. The first-order valence-corrected chi connectivity index (χ1v) is 4.37. The second-order valence-corrected chi connectivity index (χ2v) is 2.85. The fourth-order valence-electron chi connectivity index (χ4n) is 1.08. The fourth-order valence-corrected chi connectivity index (χ4v) is 1.08. The zero-order valence-electron chi connectivity index (χ0n) is 8.09. The summed E-state index contributed by atoms with van der Waals surface area (Å²) < 4.78 is 30.6. The Labute approximate surface area is 85.3 Å². The van der Waals surface area contributed by atoms with Crippen molar-refractivity contribution in [3.63, 3.8) is 0 Å². The highest BCUT2D eigenvalue weighted by atomic mass is 19.2. The molecule has 0 saturated carbocycles. The van der Waals surface area contributed by atoms with Crippen molar-refractivity contribution < 1.29 is 23.4 Å². The number of hydrogen-bond acceptors (Lipinski definition) is 3. The molecule has 0 aliphatic rings. The SMILES string of the molecule is CCOC(=O)Cc1ccc(O)c(F)c1F. The summed E-state index contributed by atoms with van der Waals surface area (Å²) in [6.45, 7) is 1.80. The number of hydrogen-bond donors (Lipinski definition) is 1. The summed E-state index contributed by atoms with van der Waals surface area (Å²) in [5.74, 6) is -3.98. The normalized spacial score (nSPS) is 10.1. The first kappa shape index (κ1) is 11.4. The van der Waals surface area contributed by atoms with E-state index in [1.807, 2.05) is 0 Å². The Morgan fingerprint density at radius 2 is 2.07 bits per heavy atom. The quantitative estimate of drug-likeness (QED) is 0.783. The lowest BCUT2D eigenvalue weighted by molar-refractivity contribution is -0.142. The molecule has 3 nitrogen and oxygen atoms in total. The second-order valence-electron chi connectivity index (χ2n) is 2.85. The van der Waals surface area contributed by atoms with E-state index in [1.165, 1.54) is 0 Å². The molecule has 0 atom stereocenters. The number of carbonyl (C=O) groups is 1. The number of halogens is 2. The van der Waals surface area contributed by atoms with Gasteiger partial charge in [0.05, 0.1) is 13.0 Å². The highest BCUT2D eigenvalue weighted by Gasteiger charge is 2.15. The molecule has 0 aromatic heterocycles. The highest BCUT2D eigenvalue weighted by Crippen LogP contribution is 2.21. The van der Waals surface area contributed by atoms with E-state index < -0.39 is 23.4 Å². The predicted octanol–water partition coefficient (Wildman–Crippen LogP) is 1.78. The van der Waals surface area contributed by atoms with Crippen LogP contribution in [0.3, 0.4) is 0 Å². The van der Waals surface area contributed by atoms with Gasteiger partial charge >= 0.3 is 5.97 Å². The van der Waals surface area contributed by atoms with Crippen LogP contribution in [0.2, 0.25) is 0 Å². The molecule has 0 aliphatic heterocycles. The van der Waals surface area contributed by atoms with E-state index in [4.69, 9.17) is 5.11 Å². The summed E-state index contributed by atoms with van der Waals surface area (Å²) in [5.41, 5.74) is -0.135. The molecule has 0 saturated heterocycles. The first-order chi connectivity index (χ1) is 7.06. The van der Waals surface area contributed by atoms with Crippen LogP contribution in [-0.4, -0.2) is 17.7 Å². The number of aromatic hydroxyl groups is 1. The topological polar surface area (TPSA) is 46.5 Å². The molecule has 1 aromatic carbocycles. The van der Waals surface area contributed by atoms with E-state index in [9.17, 15) is 13.6 Å². The predicted molar refractivity (Wildman–Crippen MR) is 48.4 cm³/mol. The smallest absolute Gasteiger partial charge is 0.310 e. The van der Waals surface area contributed by atoms with Gasteiger partial charge < -0.3 is 9.84 Å². The van der Waals surface area contributed by atoms with Crippen molar-refractivity contribution >= 4 is 5.97 Å². The average molecular weight is 216 g/mol. The Morgan fingerprint density at radius 1 is 1.40 bits per heavy atom. The summed E-state index contributed by atoms with van der Waals surface area (Å²) >= 11 is 0. The lowest BCUT2D eigenvalue weighted by atomic mass is 10.1. The van der Waals surface area contributed by atoms with Crippen molar-refractivity contribution in [2.75, 3.05) is 6.61 Å². The Kier molecular flexibility index (Phi) is 3.60. The molecule has 1 N–H and O–H groups in total. The van der Waals surface area contributed by atoms with Crippen LogP contribution in [0.15, 0.2) is 12.1 Å². The van der Waals surface area contributed by atoms with Crippen LogP contribution in [0.1, 0.15) is 12.5 Å². The molecule has 5 heteroatoms. The molecule has 0 unspecified atom stereocenters.